The summed E-state index contributed by atoms with van der Waals surface area (Å²) in [6.07, 6.45) is 8.94. The minimum atomic E-state index is -0.322. The number of hydrogen-bond donors (Lipinski definition) is 0. The fraction of sp³-hybridized carbons (Fsp3) is 0.324. The molecule has 38 heavy (non-hydrogen) atoms. The van der Waals surface area contributed by atoms with Crippen molar-refractivity contribution in [1.82, 2.24) is 9.80 Å². The molecule has 0 unspecified atom stereocenters. The van der Waals surface area contributed by atoms with Crippen LogP contribution in [0.15, 0.2) is 90.5 Å². The van der Waals surface area contributed by atoms with Crippen molar-refractivity contribution in [2.45, 2.75) is 49.6 Å². The van der Waals surface area contributed by atoms with E-state index < -0.39 is 0 Å². The molecular weight excluding hydrogens is 471 g/mol. The van der Waals surface area contributed by atoms with Crippen LogP contribution >= 0.6 is 0 Å². The van der Waals surface area contributed by atoms with Crippen LogP contribution in [0.1, 0.15) is 54.4 Å². The van der Waals surface area contributed by atoms with Gasteiger partial charge in [-0.15, -0.1) is 0 Å². The summed E-state index contributed by atoms with van der Waals surface area (Å²) in [5.41, 5.74) is 7.09. The molecule has 3 aliphatic rings. The van der Waals surface area contributed by atoms with Crippen LogP contribution in [0.25, 0.3) is 11.6 Å². The summed E-state index contributed by atoms with van der Waals surface area (Å²) in [6, 6.07) is 25.9. The van der Waals surface area contributed by atoms with Gasteiger partial charge in [0.2, 0.25) is 5.91 Å². The van der Waals surface area contributed by atoms with E-state index in [4.69, 9.17) is 0 Å². The number of carbonyl (C=O) groups is 1. The van der Waals surface area contributed by atoms with E-state index in [-0.39, 0.29) is 22.8 Å². The Balaban J connectivity index is 1.39. The highest BCUT2D eigenvalue weighted by Crippen LogP contribution is 2.55. The molecule has 1 spiro atoms. The van der Waals surface area contributed by atoms with E-state index in [1.807, 2.05) is 42.5 Å². The van der Waals surface area contributed by atoms with Crippen molar-refractivity contribution in [3.63, 3.8) is 0 Å². The number of carbonyl (C=O) groups excluding carboxylic acids is 1. The van der Waals surface area contributed by atoms with Gasteiger partial charge in [0.05, 0.1) is 5.54 Å². The topological polar surface area (TPSA) is 23.6 Å². The zero-order valence-corrected chi connectivity index (χ0v) is 22.3. The molecule has 0 atom stereocenters. The average Bonchev–Trinajstić information content (AvgIpc) is 3.33. The number of nitrogens with zero attached hydrogens (tertiary/aromatic N) is 2. The Morgan fingerprint density at radius 2 is 1.66 bits per heavy atom. The Morgan fingerprint density at radius 3 is 2.39 bits per heavy atom. The summed E-state index contributed by atoms with van der Waals surface area (Å²) < 4.78 is 14.3. The molecule has 4 heteroatoms. The minimum absolute atomic E-state index is 0.0828. The first-order valence-corrected chi connectivity index (χ1v) is 13.7. The second-order valence-electron chi connectivity index (χ2n) is 11.2. The molecule has 3 nitrogen and oxygen atoms in total. The quantitative estimate of drug-likeness (QED) is 0.361. The SMILES string of the molecule is CN(C)C1(c2cccc(F)c2)CCC2(CC1)C1=C(CCN2C(=O)/C=C/c2ccccc2)c2ccccc2C1. The molecule has 3 aromatic rings. The van der Waals surface area contributed by atoms with Crippen LogP contribution in [0.4, 0.5) is 4.39 Å². The van der Waals surface area contributed by atoms with Crippen molar-refractivity contribution in [2.24, 2.45) is 0 Å². The van der Waals surface area contributed by atoms with E-state index in [0.29, 0.717) is 0 Å². The van der Waals surface area contributed by atoms with Crippen molar-refractivity contribution in [2.75, 3.05) is 20.6 Å². The van der Waals surface area contributed by atoms with Crippen molar-refractivity contribution in [1.29, 1.82) is 0 Å². The average molecular weight is 507 g/mol. The van der Waals surface area contributed by atoms with Crippen molar-refractivity contribution < 1.29 is 9.18 Å². The Hall–Kier alpha value is -3.50. The van der Waals surface area contributed by atoms with Crippen molar-refractivity contribution >= 4 is 17.6 Å². The maximum absolute atomic E-state index is 14.3. The molecule has 3 aromatic carbocycles. The van der Waals surface area contributed by atoms with Crippen molar-refractivity contribution in [3.05, 3.63) is 119 Å². The van der Waals surface area contributed by atoms with Gasteiger partial charge in [0, 0.05) is 18.2 Å². The number of amides is 1. The first kappa shape index (κ1) is 24.8. The van der Waals surface area contributed by atoms with Gasteiger partial charge in [-0.25, -0.2) is 4.39 Å². The molecule has 0 radical (unpaired) electrons. The number of fused-ring (bicyclic) bond motifs is 3. The van der Waals surface area contributed by atoms with Crippen molar-refractivity contribution in [3.8, 4) is 0 Å². The number of hydrogen-bond acceptors (Lipinski definition) is 2. The lowest BCUT2D eigenvalue weighted by Gasteiger charge is -2.56. The third kappa shape index (κ3) is 4.03. The summed E-state index contributed by atoms with van der Waals surface area (Å²) >= 11 is 0. The Morgan fingerprint density at radius 1 is 0.921 bits per heavy atom. The van der Waals surface area contributed by atoms with Crippen LogP contribution in [0.3, 0.4) is 0 Å². The summed E-state index contributed by atoms with van der Waals surface area (Å²) in [6.45, 7) is 0.722. The Labute approximate surface area is 225 Å². The molecule has 6 rings (SSSR count). The van der Waals surface area contributed by atoms with E-state index in [0.717, 1.165) is 56.2 Å². The first-order chi connectivity index (χ1) is 18.4. The molecule has 1 saturated carbocycles. The van der Waals surface area contributed by atoms with Gasteiger partial charge in [0.1, 0.15) is 5.82 Å². The van der Waals surface area contributed by atoms with Crippen LogP contribution in [-0.2, 0) is 16.8 Å². The van der Waals surface area contributed by atoms with Gasteiger partial charge in [-0.1, -0.05) is 66.7 Å². The van der Waals surface area contributed by atoms with Crippen LogP contribution in [0, 0.1) is 5.82 Å². The molecule has 0 aromatic heterocycles. The number of halogens is 1. The van der Waals surface area contributed by atoms with Gasteiger partial charge in [0.25, 0.3) is 0 Å². The second kappa shape index (κ2) is 9.67. The van der Waals surface area contributed by atoms with E-state index in [1.54, 1.807) is 12.1 Å². The van der Waals surface area contributed by atoms with E-state index in [1.165, 1.54) is 28.3 Å². The molecule has 1 amide bonds. The lowest BCUT2D eigenvalue weighted by molar-refractivity contribution is -0.133. The molecular formula is C34H35FN2O. The van der Waals surface area contributed by atoms with Gasteiger partial charge in [-0.3, -0.25) is 9.69 Å². The fourth-order valence-electron chi connectivity index (χ4n) is 7.32. The Kier molecular flexibility index (Phi) is 6.31. The Bertz CT molecular complexity index is 1410. The summed E-state index contributed by atoms with van der Waals surface area (Å²) in [5, 5.41) is 0. The predicted molar refractivity (Wildman–Crippen MR) is 152 cm³/mol. The molecule has 1 fully saturated rings. The van der Waals surface area contributed by atoms with Gasteiger partial charge in [-0.05, 0) is 104 Å². The maximum Gasteiger partial charge on any atom is 0.247 e. The largest absolute Gasteiger partial charge is 0.329 e. The minimum Gasteiger partial charge on any atom is -0.329 e. The number of benzene rings is 3. The molecule has 0 bridgehead atoms. The zero-order chi connectivity index (χ0) is 26.3. The second-order valence-corrected chi connectivity index (χ2v) is 11.2. The standard InChI is InChI=1S/C34H35FN2O/c1-36(2)33(27-12-8-13-28(35)24-27)18-20-34(21-19-33)31-23-26-11-6-7-14-29(26)30(31)17-22-37(34)32(38)16-15-25-9-4-3-5-10-25/h3-16,24H,17-23H2,1-2H3/b16-15+. The van der Waals surface area contributed by atoms with E-state index in [9.17, 15) is 9.18 Å². The molecule has 0 N–H and O–H groups in total. The molecule has 1 heterocycles. The van der Waals surface area contributed by atoms with Gasteiger partial charge < -0.3 is 4.90 Å². The monoisotopic (exact) mass is 506 g/mol. The predicted octanol–water partition coefficient (Wildman–Crippen LogP) is 6.85. The lowest BCUT2D eigenvalue weighted by atomic mass is 9.63. The van der Waals surface area contributed by atoms with Gasteiger partial charge in [0.15, 0.2) is 0 Å². The highest BCUT2D eigenvalue weighted by molar-refractivity contribution is 5.94. The first-order valence-electron chi connectivity index (χ1n) is 13.7. The normalized spacial score (nSPS) is 24.8. The summed E-state index contributed by atoms with van der Waals surface area (Å²) in [5.74, 6) is -0.111. The molecule has 2 aliphatic carbocycles. The highest BCUT2D eigenvalue weighted by Gasteiger charge is 2.53. The number of rotatable bonds is 4. The van der Waals surface area contributed by atoms with Crippen LogP contribution in [-0.4, -0.2) is 41.9 Å². The van der Waals surface area contributed by atoms with Gasteiger partial charge >= 0.3 is 0 Å². The van der Waals surface area contributed by atoms with E-state index >= 15 is 0 Å². The van der Waals surface area contributed by atoms with Gasteiger partial charge in [-0.2, -0.15) is 0 Å². The highest BCUT2D eigenvalue weighted by atomic mass is 19.1. The third-order valence-corrected chi connectivity index (χ3v) is 9.34. The smallest absolute Gasteiger partial charge is 0.247 e. The zero-order valence-electron chi connectivity index (χ0n) is 22.3. The fourth-order valence-corrected chi connectivity index (χ4v) is 7.32. The summed E-state index contributed by atoms with van der Waals surface area (Å²) in [4.78, 5) is 18.3. The lowest BCUT2D eigenvalue weighted by Crippen LogP contribution is -2.60. The molecule has 0 saturated heterocycles. The van der Waals surface area contributed by atoms with Crippen LogP contribution in [0.5, 0.6) is 0 Å². The van der Waals surface area contributed by atoms with Crippen LogP contribution < -0.4 is 0 Å². The molecule has 194 valence electrons. The molecule has 1 aliphatic heterocycles. The maximum atomic E-state index is 14.3. The summed E-state index contributed by atoms with van der Waals surface area (Å²) in [7, 11) is 4.21. The van der Waals surface area contributed by atoms with E-state index in [2.05, 4.69) is 54.2 Å². The van der Waals surface area contributed by atoms with Crippen LogP contribution in [0.2, 0.25) is 0 Å². The third-order valence-electron chi connectivity index (χ3n) is 9.34.